The van der Waals surface area contributed by atoms with Crippen LogP contribution in [0.1, 0.15) is 22.8 Å². The van der Waals surface area contributed by atoms with Gasteiger partial charge in [0.2, 0.25) is 0 Å². The molecule has 0 aliphatic heterocycles. The van der Waals surface area contributed by atoms with Crippen molar-refractivity contribution >= 4 is 5.97 Å². The Balaban J connectivity index is 2.58. The van der Waals surface area contributed by atoms with E-state index in [1.165, 1.54) is 25.1 Å². The number of hydrogen-bond acceptors (Lipinski definition) is 3. The summed E-state index contributed by atoms with van der Waals surface area (Å²) < 4.78 is 85.8. The van der Waals surface area contributed by atoms with E-state index in [4.69, 9.17) is 0 Å². The van der Waals surface area contributed by atoms with Crippen molar-refractivity contribution < 1.29 is 40.6 Å². The fourth-order valence-corrected chi connectivity index (χ4v) is 2.25. The Morgan fingerprint density at radius 1 is 1.00 bits per heavy atom. The van der Waals surface area contributed by atoms with Crippen LogP contribution in [0, 0.1) is 0 Å². The summed E-state index contributed by atoms with van der Waals surface area (Å²) in [5.74, 6) is -1.83. The van der Waals surface area contributed by atoms with Crippen LogP contribution < -0.4 is 4.74 Å². The number of hydrogen-bond donors (Lipinski definition) is 0. The van der Waals surface area contributed by atoms with Gasteiger partial charge in [0.15, 0.2) is 0 Å². The number of rotatable bonds is 4. The first-order valence-corrected chi connectivity index (χ1v) is 7.26. The molecule has 0 heterocycles. The minimum absolute atomic E-state index is 0.125. The SMILES string of the molecule is CCOC(=O)c1ccc(-c2ccccc2OC(F)(F)F)cc1C(F)(F)F. The molecule has 0 fully saturated rings. The van der Waals surface area contributed by atoms with Gasteiger partial charge in [0.1, 0.15) is 5.75 Å². The van der Waals surface area contributed by atoms with Crippen LogP contribution >= 0.6 is 0 Å². The summed E-state index contributed by atoms with van der Waals surface area (Å²) in [5, 5.41) is 0. The molecule has 2 aromatic carbocycles. The third kappa shape index (κ3) is 4.68. The molecule has 0 spiro atoms. The van der Waals surface area contributed by atoms with E-state index >= 15 is 0 Å². The second-order valence-corrected chi connectivity index (χ2v) is 5.02. The van der Waals surface area contributed by atoms with Crippen molar-refractivity contribution in [3.05, 3.63) is 53.6 Å². The minimum Gasteiger partial charge on any atom is -0.462 e. The highest BCUT2D eigenvalue weighted by Crippen LogP contribution is 2.38. The van der Waals surface area contributed by atoms with E-state index in [0.717, 1.165) is 18.2 Å². The van der Waals surface area contributed by atoms with Gasteiger partial charge < -0.3 is 9.47 Å². The van der Waals surface area contributed by atoms with Gasteiger partial charge in [0.05, 0.1) is 17.7 Å². The van der Waals surface area contributed by atoms with Crippen molar-refractivity contribution in [1.29, 1.82) is 0 Å². The Kier molecular flexibility index (Phi) is 5.48. The van der Waals surface area contributed by atoms with E-state index in [9.17, 15) is 31.1 Å². The van der Waals surface area contributed by atoms with Gasteiger partial charge in [-0.25, -0.2) is 4.79 Å². The van der Waals surface area contributed by atoms with Gasteiger partial charge in [-0.1, -0.05) is 24.3 Å². The van der Waals surface area contributed by atoms with Gasteiger partial charge in [-0.3, -0.25) is 0 Å². The van der Waals surface area contributed by atoms with Crippen LogP contribution in [0.4, 0.5) is 26.3 Å². The molecule has 0 bridgehead atoms. The van der Waals surface area contributed by atoms with Gasteiger partial charge in [-0.2, -0.15) is 13.2 Å². The van der Waals surface area contributed by atoms with Crippen molar-refractivity contribution in [2.45, 2.75) is 19.5 Å². The fourth-order valence-electron chi connectivity index (χ4n) is 2.25. The summed E-state index contributed by atoms with van der Waals surface area (Å²) in [6.45, 7) is 1.31. The molecule has 2 aromatic rings. The van der Waals surface area contributed by atoms with Crippen LogP contribution in [0.25, 0.3) is 11.1 Å². The molecule has 0 saturated heterocycles. The molecule has 0 saturated carbocycles. The summed E-state index contributed by atoms with van der Waals surface area (Å²) >= 11 is 0. The molecule has 0 unspecified atom stereocenters. The van der Waals surface area contributed by atoms with Gasteiger partial charge in [0, 0.05) is 5.56 Å². The molecule has 140 valence electrons. The molecule has 2 rings (SSSR count). The summed E-state index contributed by atoms with van der Waals surface area (Å²) in [6, 6.07) is 7.31. The lowest BCUT2D eigenvalue weighted by Gasteiger charge is -2.16. The molecular formula is C17H12F6O3. The van der Waals surface area contributed by atoms with Crippen molar-refractivity contribution in [2.75, 3.05) is 6.61 Å². The number of carbonyl (C=O) groups is 1. The van der Waals surface area contributed by atoms with E-state index in [0.29, 0.717) is 6.07 Å². The lowest BCUT2D eigenvalue weighted by atomic mass is 9.98. The number of esters is 1. The average Bonchev–Trinajstić information content (AvgIpc) is 2.53. The molecule has 3 nitrogen and oxygen atoms in total. The summed E-state index contributed by atoms with van der Waals surface area (Å²) in [5.41, 5.74) is -2.43. The zero-order valence-corrected chi connectivity index (χ0v) is 13.2. The smallest absolute Gasteiger partial charge is 0.462 e. The van der Waals surface area contributed by atoms with E-state index in [1.54, 1.807) is 0 Å². The van der Waals surface area contributed by atoms with Gasteiger partial charge in [-0.05, 0) is 30.7 Å². The standard InChI is InChI=1S/C17H12F6O3/c1-2-25-15(24)12-8-7-10(9-13(12)16(18,19)20)11-5-3-4-6-14(11)26-17(21,22)23/h3-9H,2H2,1H3. The summed E-state index contributed by atoms with van der Waals surface area (Å²) in [6.07, 6.45) is -9.91. The molecule has 26 heavy (non-hydrogen) atoms. The van der Waals surface area contributed by atoms with Crippen LogP contribution in [0.5, 0.6) is 5.75 Å². The molecule has 0 radical (unpaired) electrons. The first kappa shape index (κ1) is 19.6. The Bertz CT molecular complexity index is 796. The normalized spacial score (nSPS) is 12.0. The largest absolute Gasteiger partial charge is 0.573 e. The highest BCUT2D eigenvalue weighted by Gasteiger charge is 2.37. The number of para-hydroxylation sites is 1. The second kappa shape index (κ2) is 7.27. The maximum absolute atomic E-state index is 13.3. The summed E-state index contributed by atoms with van der Waals surface area (Å²) in [7, 11) is 0. The first-order chi connectivity index (χ1) is 12.0. The molecule has 9 heteroatoms. The molecule has 0 aliphatic rings. The summed E-state index contributed by atoms with van der Waals surface area (Å²) in [4.78, 5) is 11.7. The van der Waals surface area contributed by atoms with Gasteiger partial charge in [0.25, 0.3) is 0 Å². The minimum atomic E-state index is -5.01. The predicted octanol–water partition coefficient (Wildman–Crippen LogP) is 5.45. The maximum atomic E-state index is 13.3. The third-order valence-electron chi connectivity index (χ3n) is 3.24. The monoisotopic (exact) mass is 378 g/mol. The number of benzene rings is 2. The molecule has 0 amide bonds. The van der Waals surface area contributed by atoms with Gasteiger partial charge in [-0.15, -0.1) is 13.2 Å². The molecular weight excluding hydrogens is 366 g/mol. The average molecular weight is 378 g/mol. The lowest BCUT2D eigenvalue weighted by Crippen LogP contribution is -2.18. The molecule has 0 aromatic heterocycles. The van der Waals surface area contributed by atoms with E-state index in [1.807, 2.05) is 0 Å². The van der Waals surface area contributed by atoms with Crippen LogP contribution in [0.2, 0.25) is 0 Å². The number of alkyl halides is 6. The maximum Gasteiger partial charge on any atom is 0.573 e. The second-order valence-electron chi connectivity index (χ2n) is 5.02. The van der Waals surface area contributed by atoms with Gasteiger partial charge >= 0.3 is 18.5 Å². The van der Waals surface area contributed by atoms with Crippen LogP contribution in [0.15, 0.2) is 42.5 Å². The van der Waals surface area contributed by atoms with Crippen molar-refractivity contribution in [3.63, 3.8) is 0 Å². The fraction of sp³-hybridized carbons (Fsp3) is 0.235. The molecule has 0 N–H and O–H groups in total. The zero-order valence-electron chi connectivity index (χ0n) is 13.2. The van der Waals surface area contributed by atoms with Crippen molar-refractivity contribution in [3.8, 4) is 16.9 Å². The lowest BCUT2D eigenvalue weighted by molar-refractivity contribution is -0.274. The van der Waals surface area contributed by atoms with Crippen molar-refractivity contribution in [2.24, 2.45) is 0 Å². The highest BCUT2D eigenvalue weighted by atomic mass is 19.4. The Morgan fingerprint density at radius 2 is 1.65 bits per heavy atom. The molecule has 0 aliphatic carbocycles. The van der Waals surface area contributed by atoms with E-state index < -0.39 is 35.4 Å². The van der Waals surface area contributed by atoms with E-state index in [-0.39, 0.29) is 17.7 Å². The van der Waals surface area contributed by atoms with Crippen molar-refractivity contribution in [1.82, 2.24) is 0 Å². The van der Waals surface area contributed by atoms with Crippen LogP contribution in [-0.2, 0) is 10.9 Å². The first-order valence-electron chi connectivity index (χ1n) is 7.26. The highest BCUT2D eigenvalue weighted by molar-refractivity contribution is 5.92. The number of ether oxygens (including phenoxy) is 2. The van der Waals surface area contributed by atoms with Crippen LogP contribution in [-0.4, -0.2) is 18.9 Å². The van der Waals surface area contributed by atoms with E-state index in [2.05, 4.69) is 9.47 Å². The topological polar surface area (TPSA) is 35.5 Å². The Hall–Kier alpha value is -2.71. The zero-order chi connectivity index (χ0) is 19.5. The Labute approximate surface area is 144 Å². The Morgan fingerprint density at radius 3 is 2.23 bits per heavy atom. The number of carbonyl (C=O) groups excluding carboxylic acids is 1. The predicted molar refractivity (Wildman–Crippen MR) is 79.5 cm³/mol. The quantitative estimate of drug-likeness (QED) is 0.524. The van der Waals surface area contributed by atoms with Crippen LogP contribution in [0.3, 0.4) is 0 Å². The number of halogens is 6. The molecule has 0 atom stereocenters. The third-order valence-corrected chi connectivity index (χ3v) is 3.24.